The van der Waals surface area contributed by atoms with Crippen molar-refractivity contribution in [2.75, 3.05) is 36.4 Å². The van der Waals surface area contributed by atoms with E-state index in [1.165, 1.54) is 4.90 Å². The number of anilines is 2. The molecule has 4 rings (SSSR count). The number of fused-ring (bicyclic) bond motifs is 1. The normalized spacial score (nSPS) is 15.7. The maximum Gasteiger partial charge on any atom is 0.315 e. The van der Waals surface area contributed by atoms with Crippen molar-refractivity contribution in [3.63, 3.8) is 0 Å². The zero-order valence-electron chi connectivity index (χ0n) is 15.9. The van der Waals surface area contributed by atoms with Gasteiger partial charge in [0.1, 0.15) is 5.75 Å². The van der Waals surface area contributed by atoms with Gasteiger partial charge in [-0.05, 0) is 30.7 Å². The number of rotatable bonds is 2. The van der Waals surface area contributed by atoms with Gasteiger partial charge in [-0.2, -0.15) is 0 Å². The summed E-state index contributed by atoms with van der Waals surface area (Å²) in [5.74, 6) is -1.19. The van der Waals surface area contributed by atoms with Crippen LogP contribution in [0.5, 0.6) is 5.75 Å². The summed E-state index contributed by atoms with van der Waals surface area (Å²) in [7, 11) is 0. The molecule has 2 aliphatic rings. The number of nitrogens with one attached hydrogen (secondary N) is 1. The number of benzene rings is 2. The molecule has 1 saturated heterocycles. The lowest BCUT2D eigenvalue weighted by atomic mass is 10.1. The fraction of sp³-hybridized carbons (Fsp3) is 0.286. The van der Waals surface area contributed by atoms with Gasteiger partial charge in [-0.25, -0.2) is 0 Å². The maximum atomic E-state index is 12.5. The van der Waals surface area contributed by atoms with Gasteiger partial charge < -0.3 is 19.9 Å². The number of amides is 2. The number of esters is 1. The Morgan fingerprint density at radius 1 is 1.07 bits per heavy atom. The molecule has 0 spiro atoms. The first-order chi connectivity index (χ1) is 13.9. The number of carbonyl (C=O) groups is 3. The van der Waals surface area contributed by atoms with Crippen molar-refractivity contribution in [1.82, 2.24) is 4.90 Å². The summed E-state index contributed by atoms with van der Waals surface area (Å²) in [6.45, 7) is 4.08. The minimum absolute atomic E-state index is 0.221. The van der Waals surface area contributed by atoms with Gasteiger partial charge >= 0.3 is 17.8 Å². The topological polar surface area (TPSA) is 79.0 Å². The van der Waals surface area contributed by atoms with Gasteiger partial charge in [0.05, 0.1) is 6.42 Å². The Morgan fingerprint density at radius 2 is 1.83 bits per heavy atom. The van der Waals surface area contributed by atoms with Crippen LogP contribution in [0.15, 0.2) is 36.4 Å². The van der Waals surface area contributed by atoms with Gasteiger partial charge in [0, 0.05) is 54.2 Å². The third-order valence-electron chi connectivity index (χ3n) is 5.17. The van der Waals surface area contributed by atoms with E-state index >= 15 is 0 Å². The Kier molecular flexibility index (Phi) is 5.15. The highest BCUT2D eigenvalue weighted by atomic mass is 35.5. The Morgan fingerprint density at radius 3 is 2.55 bits per heavy atom. The van der Waals surface area contributed by atoms with Crippen molar-refractivity contribution in [2.24, 2.45) is 0 Å². The van der Waals surface area contributed by atoms with Gasteiger partial charge in [-0.15, -0.1) is 0 Å². The van der Waals surface area contributed by atoms with Crippen LogP contribution in [0.2, 0.25) is 5.02 Å². The maximum absolute atomic E-state index is 12.5. The molecular weight excluding hydrogens is 394 g/mol. The number of carbonyl (C=O) groups excluding carboxylic acids is 3. The van der Waals surface area contributed by atoms with E-state index in [0.29, 0.717) is 42.6 Å². The summed E-state index contributed by atoms with van der Waals surface area (Å²) in [4.78, 5) is 39.9. The van der Waals surface area contributed by atoms with Gasteiger partial charge in [0.2, 0.25) is 0 Å². The molecule has 0 radical (unpaired) electrons. The van der Waals surface area contributed by atoms with Crippen molar-refractivity contribution in [3.8, 4) is 5.75 Å². The summed E-state index contributed by atoms with van der Waals surface area (Å²) in [6, 6.07) is 10.8. The molecule has 2 aromatic carbocycles. The monoisotopic (exact) mass is 413 g/mol. The van der Waals surface area contributed by atoms with Crippen molar-refractivity contribution in [1.29, 1.82) is 0 Å². The van der Waals surface area contributed by atoms with Gasteiger partial charge in [-0.3, -0.25) is 14.4 Å². The first-order valence-corrected chi connectivity index (χ1v) is 9.73. The first kappa shape index (κ1) is 19.3. The summed E-state index contributed by atoms with van der Waals surface area (Å²) < 4.78 is 5.07. The highest BCUT2D eigenvalue weighted by molar-refractivity contribution is 6.39. The van der Waals surface area contributed by atoms with Crippen molar-refractivity contribution >= 4 is 40.8 Å². The molecular formula is C21H20ClN3O4. The van der Waals surface area contributed by atoms with Crippen molar-refractivity contribution in [2.45, 2.75) is 13.3 Å². The number of halogens is 1. The summed E-state index contributed by atoms with van der Waals surface area (Å²) in [6.07, 6.45) is 0.221. The van der Waals surface area contributed by atoms with E-state index in [1.807, 2.05) is 25.1 Å². The van der Waals surface area contributed by atoms with Crippen LogP contribution in [0.1, 0.15) is 11.1 Å². The van der Waals surface area contributed by atoms with Crippen molar-refractivity contribution < 1.29 is 19.1 Å². The molecule has 2 aromatic rings. The molecule has 150 valence electrons. The predicted molar refractivity (Wildman–Crippen MR) is 109 cm³/mol. The second kappa shape index (κ2) is 7.75. The average Bonchev–Trinajstić information content (AvgIpc) is 3.09. The quantitative estimate of drug-likeness (QED) is 0.464. The fourth-order valence-electron chi connectivity index (χ4n) is 3.46. The average molecular weight is 414 g/mol. The van der Waals surface area contributed by atoms with Crippen LogP contribution in [0.4, 0.5) is 11.4 Å². The third-order valence-corrected chi connectivity index (χ3v) is 5.57. The summed E-state index contributed by atoms with van der Waals surface area (Å²) >= 11 is 6.20. The van der Waals surface area contributed by atoms with Crippen LogP contribution in [-0.2, 0) is 20.8 Å². The van der Waals surface area contributed by atoms with E-state index in [1.54, 1.807) is 18.2 Å². The smallest absolute Gasteiger partial charge is 0.315 e. The Hall–Kier alpha value is -3.06. The minimum atomic E-state index is -0.707. The first-order valence-electron chi connectivity index (χ1n) is 9.35. The van der Waals surface area contributed by atoms with E-state index in [0.717, 1.165) is 16.8 Å². The van der Waals surface area contributed by atoms with Crippen molar-refractivity contribution in [3.05, 3.63) is 52.5 Å². The molecule has 2 heterocycles. The molecule has 1 N–H and O–H groups in total. The van der Waals surface area contributed by atoms with Crippen LogP contribution in [0, 0.1) is 6.92 Å². The van der Waals surface area contributed by atoms with Crippen LogP contribution >= 0.6 is 11.6 Å². The van der Waals surface area contributed by atoms with Gasteiger partial charge in [0.15, 0.2) is 0 Å². The molecule has 0 aliphatic carbocycles. The lowest BCUT2D eigenvalue weighted by Crippen LogP contribution is -2.51. The van der Waals surface area contributed by atoms with E-state index < -0.39 is 11.8 Å². The standard InChI is InChI=1S/C21H20ClN3O4/c1-13-2-5-16(12-17(13)22)24-6-8-25(9-7-24)21(28)20(27)23-15-4-3-14-10-19(26)29-18(14)11-15/h2-5,11-12H,6-10H2,1H3,(H,23,27). The Bertz CT molecular complexity index is 999. The van der Waals surface area contributed by atoms with E-state index in [4.69, 9.17) is 16.3 Å². The molecule has 2 aliphatic heterocycles. The molecule has 0 unspecified atom stereocenters. The second-order valence-electron chi connectivity index (χ2n) is 7.14. The van der Waals surface area contributed by atoms with Crippen LogP contribution in [0.25, 0.3) is 0 Å². The fourth-order valence-corrected chi connectivity index (χ4v) is 3.64. The Balaban J connectivity index is 1.34. The highest BCUT2D eigenvalue weighted by Gasteiger charge is 2.27. The predicted octanol–water partition coefficient (Wildman–Crippen LogP) is 2.40. The van der Waals surface area contributed by atoms with E-state index in [9.17, 15) is 14.4 Å². The highest BCUT2D eigenvalue weighted by Crippen LogP contribution is 2.29. The van der Waals surface area contributed by atoms with Gasteiger partial charge in [0.25, 0.3) is 0 Å². The number of hydrogen-bond donors (Lipinski definition) is 1. The largest absolute Gasteiger partial charge is 0.426 e. The molecule has 1 fully saturated rings. The Labute approximate surface area is 173 Å². The molecule has 29 heavy (non-hydrogen) atoms. The number of piperazine rings is 1. The third kappa shape index (κ3) is 4.05. The number of nitrogens with zero attached hydrogens (tertiary/aromatic N) is 2. The lowest BCUT2D eigenvalue weighted by Gasteiger charge is -2.35. The second-order valence-corrected chi connectivity index (χ2v) is 7.55. The molecule has 0 atom stereocenters. The number of aryl methyl sites for hydroxylation is 1. The molecule has 0 saturated carbocycles. The van der Waals surface area contributed by atoms with Crippen LogP contribution in [-0.4, -0.2) is 48.9 Å². The number of hydrogen-bond acceptors (Lipinski definition) is 5. The minimum Gasteiger partial charge on any atom is -0.426 e. The van der Waals surface area contributed by atoms with E-state index in [-0.39, 0.29) is 12.4 Å². The molecule has 8 heteroatoms. The SMILES string of the molecule is Cc1ccc(N2CCN(C(=O)C(=O)Nc3ccc4c(c3)OC(=O)C4)CC2)cc1Cl. The zero-order valence-corrected chi connectivity index (χ0v) is 16.7. The summed E-state index contributed by atoms with van der Waals surface area (Å²) in [5.41, 5.74) is 3.21. The van der Waals surface area contributed by atoms with E-state index in [2.05, 4.69) is 10.2 Å². The molecule has 0 bridgehead atoms. The summed E-state index contributed by atoms with van der Waals surface area (Å²) in [5, 5.41) is 3.30. The van der Waals surface area contributed by atoms with Gasteiger partial charge in [-0.1, -0.05) is 23.7 Å². The van der Waals surface area contributed by atoms with Crippen LogP contribution < -0.4 is 15.0 Å². The lowest BCUT2D eigenvalue weighted by molar-refractivity contribution is -0.143. The number of ether oxygens (including phenoxy) is 1. The zero-order chi connectivity index (χ0) is 20.5. The molecule has 7 nitrogen and oxygen atoms in total. The molecule has 2 amide bonds. The van der Waals surface area contributed by atoms with Crippen LogP contribution in [0.3, 0.4) is 0 Å². The molecule has 0 aromatic heterocycles.